The molecule has 0 aliphatic carbocycles. The normalized spacial score (nSPS) is 18.0. The zero-order valence-corrected chi connectivity index (χ0v) is 21.5. The first-order valence-electron chi connectivity index (χ1n) is 12.7. The van der Waals surface area contributed by atoms with Gasteiger partial charge in [0.25, 0.3) is 0 Å². The number of quaternary nitrogens is 1. The van der Waals surface area contributed by atoms with Crippen molar-refractivity contribution in [3.63, 3.8) is 0 Å². The van der Waals surface area contributed by atoms with Crippen LogP contribution in [0.1, 0.15) is 49.1 Å². The van der Waals surface area contributed by atoms with E-state index in [4.69, 9.17) is 4.74 Å². The second-order valence-corrected chi connectivity index (χ2v) is 9.83. The van der Waals surface area contributed by atoms with E-state index in [1.807, 2.05) is 6.07 Å². The van der Waals surface area contributed by atoms with Crippen molar-refractivity contribution < 1.29 is 26.8 Å². The van der Waals surface area contributed by atoms with Gasteiger partial charge in [-0.15, -0.1) is 0 Å². The lowest BCUT2D eigenvalue weighted by Crippen LogP contribution is -3.12. The van der Waals surface area contributed by atoms with E-state index in [-0.39, 0.29) is 24.3 Å². The molecule has 0 bridgehead atoms. The number of nitrogens with zero attached hydrogens (tertiary/aromatic N) is 2. The Kier molecular flexibility index (Phi) is 10.2. The number of likely N-dealkylation sites (tertiary alicyclic amines) is 1. The fourth-order valence-electron chi connectivity index (χ4n) is 5.33. The Morgan fingerprint density at radius 1 is 1.00 bits per heavy atom. The molecule has 0 radical (unpaired) electrons. The number of fused-ring (bicyclic) bond motifs is 2. The average Bonchev–Trinajstić information content (AvgIpc) is 2.97. The Morgan fingerprint density at radius 2 is 1.71 bits per heavy atom. The molecule has 2 heterocycles. The van der Waals surface area contributed by atoms with Crippen LogP contribution in [-0.2, 0) is 16.0 Å². The van der Waals surface area contributed by atoms with Gasteiger partial charge in [0.2, 0.25) is 0 Å². The molecule has 1 unspecified atom stereocenters. The molecule has 0 spiro atoms. The third-order valence-corrected chi connectivity index (χ3v) is 7.06. The van der Waals surface area contributed by atoms with E-state index in [1.54, 1.807) is 4.90 Å². The largest absolute Gasteiger partial charge is 1.00 e. The summed E-state index contributed by atoms with van der Waals surface area (Å²) < 4.78 is 5.87. The zero-order valence-electron chi connectivity index (χ0n) is 20.8. The van der Waals surface area contributed by atoms with Crippen molar-refractivity contribution in [3.05, 3.63) is 59.7 Å². The van der Waals surface area contributed by atoms with Crippen molar-refractivity contribution in [2.45, 2.75) is 44.4 Å². The molecule has 5 nitrogen and oxygen atoms in total. The summed E-state index contributed by atoms with van der Waals surface area (Å²) in [5, 5.41) is 0. The molecular weight excluding hydrogens is 446 g/mol. The number of halogens is 1. The van der Waals surface area contributed by atoms with Crippen molar-refractivity contribution >= 4 is 17.3 Å². The summed E-state index contributed by atoms with van der Waals surface area (Å²) in [5.41, 5.74) is 4.66. The maximum atomic E-state index is 13.3. The summed E-state index contributed by atoms with van der Waals surface area (Å²) in [5.74, 6) is -0.343. The molecule has 0 aromatic heterocycles. The maximum absolute atomic E-state index is 13.3. The molecule has 0 amide bonds. The Hall–Kier alpha value is -2.08. The van der Waals surface area contributed by atoms with E-state index < -0.39 is 0 Å². The first-order chi connectivity index (χ1) is 16.1. The molecule has 4 rings (SSSR count). The van der Waals surface area contributed by atoms with Crippen molar-refractivity contribution in [3.8, 4) is 0 Å². The van der Waals surface area contributed by atoms with Crippen LogP contribution in [0.15, 0.2) is 48.5 Å². The number of piperidine rings is 1. The molecule has 2 aromatic carbocycles. The number of esters is 1. The summed E-state index contributed by atoms with van der Waals surface area (Å²) in [6.07, 6.45) is 6.73. The second-order valence-electron chi connectivity index (χ2n) is 9.83. The lowest BCUT2D eigenvalue weighted by atomic mass is 9.92. The van der Waals surface area contributed by atoms with Gasteiger partial charge in [0.1, 0.15) is 0 Å². The van der Waals surface area contributed by atoms with Gasteiger partial charge < -0.3 is 31.8 Å². The number of nitrogens with one attached hydrogen (secondary N) is 1. The Balaban J connectivity index is 0.00000324. The molecule has 6 heteroatoms. The fraction of sp³-hybridized carbons (Fsp3) is 0.536. The molecule has 1 atom stereocenters. The summed E-state index contributed by atoms with van der Waals surface area (Å²) >= 11 is 0. The highest BCUT2D eigenvalue weighted by molar-refractivity contribution is 5.85. The number of ether oxygens (including phenoxy) is 1. The SMILES string of the molecule is CN(C)CCCN1c2ccccc2CC(C(=O)OCCC[NH+]2CCCCC2)c2ccccc21.[Cl-]. The van der Waals surface area contributed by atoms with Crippen LogP contribution in [0.4, 0.5) is 11.4 Å². The van der Waals surface area contributed by atoms with Crippen molar-refractivity contribution in [1.29, 1.82) is 0 Å². The summed E-state index contributed by atoms with van der Waals surface area (Å²) in [6.45, 7) is 6.12. The number of rotatable bonds is 9. The minimum absolute atomic E-state index is 0. The average molecular weight is 486 g/mol. The third kappa shape index (κ3) is 6.74. The van der Waals surface area contributed by atoms with Gasteiger partial charge in [-0.25, -0.2) is 0 Å². The lowest BCUT2D eigenvalue weighted by molar-refractivity contribution is -0.905. The molecule has 1 saturated heterocycles. The number of carbonyl (C=O) groups is 1. The van der Waals surface area contributed by atoms with Gasteiger partial charge in [0.15, 0.2) is 0 Å². The van der Waals surface area contributed by atoms with Gasteiger partial charge in [-0.3, -0.25) is 4.79 Å². The van der Waals surface area contributed by atoms with E-state index in [1.165, 1.54) is 43.6 Å². The van der Waals surface area contributed by atoms with Crippen LogP contribution < -0.4 is 22.2 Å². The molecule has 2 aromatic rings. The highest BCUT2D eigenvalue weighted by atomic mass is 35.5. The van der Waals surface area contributed by atoms with Crippen LogP contribution in [0.25, 0.3) is 0 Å². The minimum atomic E-state index is -0.261. The molecule has 2 aliphatic heterocycles. The number of hydrogen-bond acceptors (Lipinski definition) is 4. The third-order valence-electron chi connectivity index (χ3n) is 7.06. The fourth-order valence-corrected chi connectivity index (χ4v) is 5.33. The smallest absolute Gasteiger partial charge is 0.313 e. The number of benzene rings is 2. The number of hydrogen-bond donors (Lipinski definition) is 1. The molecule has 34 heavy (non-hydrogen) atoms. The molecule has 1 N–H and O–H groups in total. The summed E-state index contributed by atoms with van der Waals surface area (Å²) in [6, 6.07) is 16.9. The van der Waals surface area contributed by atoms with Gasteiger partial charge in [-0.2, -0.15) is 0 Å². The molecule has 186 valence electrons. The predicted octanol–water partition coefficient (Wildman–Crippen LogP) is 0.422. The summed E-state index contributed by atoms with van der Waals surface area (Å²) in [4.78, 5) is 19.6. The predicted molar refractivity (Wildman–Crippen MR) is 134 cm³/mol. The van der Waals surface area contributed by atoms with E-state index >= 15 is 0 Å². The number of carbonyl (C=O) groups excluding carboxylic acids is 1. The first kappa shape index (κ1) is 26.5. The van der Waals surface area contributed by atoms with E-state index in [0.717, 1.165) is 43.7 Å². The quantitative estimate of drug-likeness (QED) is 0.413. The van der Waals surface area contributed by atoms with Crippen LogP contribution in [0.3, 0.4) is 0 Å². The van der Waals surface area contributed by atoms with Crippen LogP contribution in [0.2, 0.25) is 0 Å². The van der Waals surface area contributed by atoms with Gasteiger partial charge in [0.05, 0.1) is 32.2 Å². The maximum Gasteiger partial charge on any atom is 0.313 e. The van der Waals surface area contributed by atoms with E-state index in [2.05, 4.69) is 66.4 Å². The van der Waals surface area contributed by atoms with Crippen LogP contribution >= 0.6 is 0 Å². The zero-order chi connectivity index (χ0) is 23.0. The second kappa shape index (κ2) is 13.1. The van der Waals surface area contributed by atoms with Gasteiger partial charge >= 0.3 is 5.97 Å². The minimum Gasteiger partial charge on any atom is -1.00 e. The molecular formula is C28H40ClN3O2. The van der Waals surface area contributed by atoms with Crippen LogP contribution in [0.5, 0.6) is 0 Å². The van der Waals surface area contributed by atoms with Gasteiger partial charge in [0, 0.05) is 24.3 Å². The van der Waals surface area contributed by atoms with Crippen molar-refractivity contribution in [2.24, 2.45) is 0 Å². The van der Waals surface area contributed by atoms with E-state index in [0.29, 0.717) is 13.0 Å². The van der Waals surface area contributed by atoms with Gasteiger partial charge in [-0.05, 0) is 76.0 Å². The van der Waals surface area contributed by atoms with Crippen molar-refractivity contribution in [2.75, 3.05) is 58.3 Å². The molecule has 0 saturated carbocycles. The Morgan fingerprint density at radius 3 is 2.47 bits per heavy atom. The first-order valence-corrected chi connectivity index (χ1v) is 12.7. The number of anilines is 2. The van der Waals surface area contributed by atoms with Gasteiger partial charge in [-0.1, -0.05) is 36.4 Å². The summed E-state index contributed by atoms with van der Waals surface area (Å²) in [7, 11) is 4.23. The highest BCUT2D eigenvalue weighted by Crippen LogP contribution is 2.41. The molecule has 1 fully saturated rings. The topological polar surface area (TPSA) is 37.2 Å². The number of para-hydroxylation sites is 2. The van der Waals surface area contributed by atoms with Crippen LogP contribution in [-0.4, -0.2) is 64.3 Å². The Labute approximate surface area is 211 Å². The molecule has 2 aliphatic rings. The monoisotopic (exact) mass is 485 g/mol. The standard InChI is InChI=1S/C28H39N3O2.ClH/c1-29(2)16-10-20-31-26-14-6-4-12-23(26)22-25(24-13-5-7-15-27(24)31)28(32)33-21-11-19-30-17-8-3-9-18-30;/h4-7,12-15,25H,3,8-11,16-22H2,1-2H3;1H. The van der Waals surface area contributed by atoms with Crippen molar-refractivity contribution in [1.82, 2.24) is 4.90 Å². The van der Waals surface area contributed by atoms with E-state index in [9.17, 15) is 4.79 Å². The highest BCUT2D eigenvalue weighted by Gasteiger charge is 2.31. The van der Waals surface area contributed by atoms with Crippen LogP contribution in [0, 0.1) is 0 Å². The Bertz CT molecular complexity index is 914. The lowest BCUT2D eigenvalue weighted by Gasteiger charge is -2.28.